The first-order chi connectivity index (χ1) is 10.3. The second kappa shape index (κ2) is 7.98. The van der Waals surface area contributed by atoms with Crippen molar-refractivity contribution in [3.8, 4) is 23.0 Å². The van der Waals surface area contributed by atoms with Crippen LogP contribution in [0.15, 0.2) is 12.1 Å². The molecule has 0 unspecified atom stereocenters. The van der Waals surface area contributed by atoms with Gasteiger partial charge in [0, 0.05) is 24.7 Å². The second-order valence-corrected chi connectivity index (χ2v) is 5.15. The third-order valence-electron chi connectivity index (χ3n) is 3.80. The predicted octanol–water partition coefficient (Wildman–Crippen LogP) is 2.62. The molecule has 2 rings (SSSR count). The molecule has 0 aromatic heterocycles. The van der Waals surface area contributed by atoms with Crippen molar-refractivity contribution < 1.29 is 18.9 Å². The van der Waals surface area contributed by atoms with Crippen LogP contribution < -0.4 is 24.3 Å². The molecule has 0 aliphatic heterocycles. The molecule has 5 heteroatoms. The lowest BCUT2D eigenvalue weighted by Crippen LogP contribution is -2.30. The van der Waals surface area contributed by atoms with Gasteiger partial charge in [-0.25, -0.2) is 0 Å². The van der Waals surface area contributed by atoms with Crippen LogP contribution in [0.1, 0.15) is 25.7 Å². The summed E-state index contributed by atoms with van der Waals surface area (Å²) in [7, 11) is 4.79. The highest BCUT2D eigenvalue weighted by atomic mass is 16.5. The molecule has 1 aliphatic rings. The zero-order valence-corrected chi connectivity index (χ0v) is 13.1. The van der Waals surface area contributed by atoms with Gasteiger partial charge in [0.15, 0.2) is 11.5 Å². The summed E-state index contributed by atoms with van der Waals surface area (Å²) >= 11 is 0. The van der Waals surface area contributed by atoms with Gasteiger partial charge in [-0.2, -0.15) is 0 Å². The van der Waals surface area contributed by atoms with Crippen LogP contribution in [0.3, 0.4) is 0 Å². The van der Waals surface area contributed by atoms with Gasteiger partial charge in [0.25, 0.3) is 0 Å². The highest BCUT2D eigenvalue weighted by molar-refractivity contribution is 5.55. The van der Waals surface area contributed by atoms with Crippen LogP contribution in [-0.2, 0) is 0 Å². The molecule has 1 aromatic carbocycles. The van der Waals surface area contributed by atoms with Gasteiger partial charge >= 0.3 is 0 Å². The minimum Gasteiger partial charge on any atom is -0.493 e. The summed E-state index contributed by atoms with van der Waals surface area (Å²) in [6.45, 7) is 1.47. The minimum absolute atomic E-state index is 0.580. The molecular weight excluding hydrogens is 270 g/mol. The van der Waals surface area contributed by atoms with E-state index in [1.165, 1.54) is 25.7 Å². The summed E-state index contributed by atoms with van der Waals surface area (Å²) in [6, 6.07) is 4.29. The third kappa shape index (κ3) is 4.17. The Labute approximate surface area is 126 Å². The number of nitrogens with one attached hydrogen (secondary N) is 1. The summed E-state index contributed by atoms with van der Waals surface area (Å²) in [4.78, 5) is 0. The maximum atomic E-state index is 5.77. The van der Waals surface area contributed by atoms with E-state index >= 15 is 0 Å². The minimum atomic E-state index is 0.580. The Bertz CT molecular complexity index is 419. The quantitative estimate of drug-likeness (QED) is 0.747. The van der Waals surface area contributed by atoms with E-state index in [0.717, 1.165) is 12.3 Å². The van der Waals surface area contributed by atoms with E-state index in [9.17, 15) is 0 Å². The standard InChI is InChI=1S/C16H25NO4/c1-18-14-10-13(11-15(19-2)16(14)20-3)21-9-8-17-12-6-4-5-7-12/h10-12,17H,4-9H2,1-3H3. The van der Waals surface area contributed by atoms with Gasteiger partial charge in [-0.3, -0.25) is 0 Å². The smallest absolute Gasteiger partial charge is 0.203 e. The van der Waals surface area contributed by atoms with Crippen LogP contribution in [0.5, 0.6) is 23.0 Å². The van der Waals surface area contributed by atoms with E-state index in [2.05, 4.69) is 5.32 Å². The normalized spacial score (nSPS) is 15.0. The van der Waals surface area contributed by atoms with Crippen LogP contribution in [0.4, 0.5) is 0 Å². The van der Waals surface area contributed by atoms with Crippen molar-refractivity contribution in [1.82, 2.24) is 5.32 Å². The summed E-state index contributed by atoms with van der Waals surface area (Å²) < 4.78 is 21.7. The number of methoxy groups -OCH3 is 3. The van der Waals surface area contributed by atoms with E-state index in [-0.39, 0.29) is 0 Å². The molecule has 0 spiro atoms. The Kier molecular flexibility index (Phi) is 5.99. The fourth-order valence-electron chi connectivity index (χ4n) is 2.70. The molecule has 118 valence electrons. The molecule has 21 heavy (non-hydrogen) atoms. The van der Waals surface area contributed by atoms with Gasteiger partial charge in [0.2, 0.25) is 5.75 Å². The van der Waals surface area contributed by atoms with Crippen molar-refractivity contribution in [2.24, 2.45) is 0 Å². The number of benzene rings is 1. The lowest BCUT2D eigenvalue weighted by Gasteiger charge is -2.15. The molecule has 1 fully saturated rings. The maximum absolute atomic E-state index is 5.77. The van der Waals surface area contributed by atoms with Crippen molar-refractivity contribution in [1.29, 1.82) is 0 Å². The number of hydrogen-bond acceptors (Lipinski definition) is 5. The summed E-state index contributed by atoms with van der Waals surface area (Å²) in [5, 5.41) is 3.52. The zero-order chi connectivity index (χ0) is 15.1. The molecule has 0 radical (unpaired) electrons. The van der Waals surface area contributed by atoms with Crippen molar-refractivity contribution >= 4 is 0 Å². The van der Waals surface area contributed by atoms with Gasteiger partial charge in [-0.1, -0.05) is 12.8 Å². The Morgan fingerprint density at radius 3 is 2.14 bits per heavy atom. The zero-order valence-electron chi connectivity index (χ0n) is 13.1. The van der Waals surface area contributed by atoms with Crippen molar-refractivity contribution in [3.05, 3.63) is 12.1 Å². The lowest BCUT2D eigenvalue weighted by molar-refractivity contribution is 0.292. The van der Waals surface area contributed by atoms with Crippen LogP contribution >= 0.6 is 0 Å². The summed E-state index contributed by atoms with van der Waals surface area (Å²) in [6.07, 6.45) is 5.24. The molecule has 1 N–H and O–H groups in total. The van der Waals surface area contributed by atoms with Gasteiger partial charge in [0.1, 0.15) is 12.4 Å². The highest BCUT2D eigenvalue weighted by Crippen LogP contribution is 2.40. The third-order valence-corrected chi connectivity index (χ3v) is 3.80. The van der Waals surface area contributed by atoms with Crippen LogP contribution in [0.25, 0.3) is 0 Å². The average Bonchev–Trinajstić information content (AvgIpc) is 3.03. The molecule has 1 saturated carbocycles. The van der Waals surface area contributed by atoms with Crippen molar-refractivity contribution in [2.45, 2.75) is 31.7 Å². The number of hydrogen-bond donors (Lipinski definition) is 1. The monoisotopic (exact) mass is 295 g/mol. The number of ether oxygens (including phenoxy) is 4. The molecule has 1 aromatic rings. The van der Waals surface area contributed by atoms with Crippen LogP contribution in [0.2, 0.25) is 0 Å². The molecule has 0 heterocycles. The predicted molar refractivity (Wildman–Crippen MR) is 81.9 cm³/mol. The highest BCUT2D eigenvalue weighted by Gasteiger charge is 2.15. The second-order valence-electron chi connectivity index (χ2n) is 5.15. The maximum Gasteiger partial charge on any atom is 0.203 e. The fourth-order valence-corrected chi connectivity index (χ4v) is 2.70. The van der Waals surface area contributed by atoms with E-state index in [4.69, 9.17) is 18.9 Å². The van der Waals surface area contributed by atoms with Crippen LogP contribution in [0, 0.1) is 0 Å². The first-order valence-electron chi connectivity index (χ1n) is 7.44. The molecule has 0 saturated heterocycles. The molecular formula is C16H25NO4. The fraction of sp³-hybridized carbons (Fsp3) is 0.625. The van der Waals surface area contributed by atoms with E-state index in [0.29, 0.717) is 29.9 Å². The molecule has 1 aliphatic carbocycles. The van der Waals surface area contributed by atoms with Gasteiger partial charge in [-0.05, 0) is 12.8 Å². The van der Waals surface area contributed by atoms with Crippen LogP contribution in [-0.4, -0.2) is 40.5 Å². The van der Waals surface area contributed by atoms with Gasteiger partial charge in [-0.15, -0.1) is 0 Å². The summed E-state index contributed by atoms with van der Waals surface area (Å²) in [5.41, 5.74) is 0. The topological polar surface area (TPSA) is 49.0 Å². The van der Waals surface area contributed by atoms with Crippen molar-refractivity contribution in [2.75, 3.05) is 34.5 Å². The van der Waals surface area contributed by atoms with E-state index in [1.54, 1.807) is 21.3 Å². The number of rotatable bonds is 8. The first-order valence-corrected chi connectivity index (χ1v) is 7.44. The average molecular weight is 295 g/mol. The van der Waals surface area contributed by atoms with Gasteiger partial charge < -0.3 is 24.3 Å². The Morgan fingerprint density at radius 1 is 1.00 bits per heavy atom. The van der Waals surface area contributed by atoms with Crippen molar-refractivity contribution in [3.63, 3.8) is 0 Å². The molecule has 0 amide bonds. The van der Waals surface area contributed by atoms with E-state index in [1.807, 2.05) is 12.1 Å². The molecule has 5 nitrogen and oxygen atoms in total. The van der Waals surface area contributed by atoms with Gasteiger partial charge in [0.05, 0.1) is 21.3 Å². The molecule has 0 atom stereocenters. The largest absolute Gasteiger partial charge is 0.493 e. The van der Waals surface area contributed by atoms with E-state index < -0.39 is 0 Å². The Balaban J connectivity index is 1.89. The Morgan fingerprint density at radius 2 is 1.62 bits per heavy atom. The lowest BCUT2D eigenvalue weighted by atomic mass is 10.2. The summed E-state index contributed by atoms with van der Waals surface area (Å²) in [5.74, 6) is 2.51. The molecule has 0 bridgehead atoms. The Hall–Kier alpha value is -1.62. The SMILES string of the molecule is COc1cc(OCCNC2CCCC2)cc(OC)c1OC. The first kappa shape index (κ1) is 15.8.